The van der Waals surface area contributed by atoms with E-state index in [-0.39, 0.29) is 12.5 Å². The van der Waals surface area contributed by atoms with Crippen LogP contribution in [-0.2, 0) is 14.3 Å². The molecule has 132 valence electrons. The predicted molar refractivity (Wildman–Crippen MR) is 92.0 cm³/mol. The molecule has 0 heterocycles. The third kappa shape index (κ3) is 7.17. The SMILES string of the molecule is CCOc1cc(/C=C/C(=O)OCC(=O)NCC(C)C)ccc1OC. The lowest BCUT2D eigenvalue weighted by Crippen LogP contribution is -2.31. The Labute approximate surface area is 142 Å². The van der Waals surface area contributed by atoms with E-state index in [2.05, 4.69) is 5.32 Å². The van der Waals surface area contributed by atoms with Crippen LogP contribution < -0.4 is 14.8 Å². The molecule has 1 N–H and O–H groups in total. The van der Waals surface area contributed by atoms with E-state index in [1.54, 1.807) is 31.4 Å². The maximum Gasteiger partial charge on any atom is 0.331 e. The molecule has 0 radical (unpaired) electrons. The second-order valence-corrected chi connectivity index (χ2v) is 5.48. The zero-order valence-corrected chi connectivity index (χ0v) is 14.6. The summed E-state index contributed by atoms with van der Waals surface area (Å²) in [5.74, 6) is 0.679. The smallest absolute Gasteiger partial charge is 0.331 e. The van der Waals surface area contributed by atoms with Gasteiger partial charge >= 0.3 is 5.97 Å². The standard InChI is InChI=1S/C18H25NO5/c1-5-23-16-10-14(6-8-15(16)22-4)7-9-18(21)24-12-17(20)19-11-13(2)3/h6-10,13H,5,11-12H2,1-4H3,(H,19,20)/b9-7+. The molecular formula is C18H25NO5. The molecule has 1 aromatic carbocycles. The van der Waals surface area contributed by atoms with E-state index < -0.39 is 5.97 Å². The summed E-state index contributed by atoms with van der Waals surface area (Å²) in [5.41, 5.74) is 0.764. The number of benzene rings is 1. The van der Waals surface area contributed by atoms with Gasteiger partial charge in [0.05, 0.1) is 13.7 Å². The van der Waals surface area contributed by atoms with Gasteiger partial charge in [0.2, 0.25) is 0 Å². The average molecular weight is 335 g/mol. The summed E-state index contributed by atoms with van der Waals surface area (Å²) in [5, 5.41) is 2.67. The number of rotatable bonds is 9. The van der Waals surface area contributed by atoms with Gasteiger partial charge in [0.25, 0.3) is 5.91 Å². The zero-order chi connectivity index (χ0) is 17.9. The minimum absolute atomic E-state index is 0.289. The molecule has 0 aliphatic carbocycles. The normalized spacial score (nSPS) is 10.7. The fraction of sp³-hybridized carbons (Fsp3) is 0.444. The first kappa shape index (κ1) is 19.5. The summed E-state index contributed by atoms with van der Waals surface area (Å²) in [6.07, 6.45) is 2.86. The molecule has 0 aliphatic heterocycles. The number of ether oxygens (including phenoxy) is 3. The van der Waals surface area contributed by atoms with E-state index in [0.717, 1.165) is 5.56 Å². The summed E-state index contributed by atoms with van der Waals surface area (Å²) in [6.45, 7) is 6.63. The minimum Gasteiger partial charge on any atom is -0.493 e. The number of hydrogen-bond donors (Lipinski definition) is 1. The predicted octanol–water partition coefficient (Wildman–Crippen LogP) is 2.42. The Bertz CT molecular complexity index is 581. The number of carbonyl (C=O) groups is 2. The maximum atomic E-state index is 11.6. The fourth-order valence-corrected chi connectivity index (χ4v) is 1.78. The van der Waals surface area contributed by atoms with Crippen LogP contribution in [0, 0.1) is 5.92 Å². The average Bonchev–Trinajstić information content (AvgIpc) is 2.56. The van der Waals surface area contributed by atoms with Crippen molar-refractivity contribution in [3.63, 3.8) is 0 Å². The van der Waals surface area contributed by atoms with Gasteiger partial charge in [0.15, 0.2) is 18.1 Å². The molecule has 0 bridgehead atoms. The Morgan fingerprint density at radius 3 is 2.62 bits per heavy atom. The molecule has 0 unspecified atom stereocenters. The van der Waals surface area contributed by atoms with Gasteiger partial charge in [-0.25, -0.2) is 4.79 Å². The Morgan fingerprint density at radius 2 is 2.00 bits per heavy atom. The van der Waals surface area contributed by atoms with Gasteiger partial charge in [-0.3, -0.25) is 4.79 Å². The monoisotopic (exact) mass is 335 g/mol. The summed E-state index contributed by atoms with van der Waals surface area (Å²) in [6, 6.07) is 5.32. The Balaban J connectivity index is 2.54. The lowest BCUT2D eigenvalue weighted by Gasteiger charge is -2.09. The Kier molecular flexibility index (Phi) is 8.39. The van der Waals surface area contributed by atoms with Crippen molar-refractivity contribution in [3.8, 4) is 11.5 Å². The number of esters is 1. The summed E-state index contributed by atoms with van der Waals surface area (Å²) in [4.78, 5) is 23.1. The van der Waals surface area contributed by atoms with E-state index in [1.807, 2.05) is 20.8 Å². The molecule has 0 aromatic heterocycles. The van der Waals surface area contributed by atoms with Gasteiger partial charge in [0.1, 0.15) is 0 Å². The minimum atomic E-state index is -0.580. The third-order valence-electron chi connectivity index (χ3n) is 2.95. The van der Waals surface area contributed by atoms with E-state index in [9.17, 15) is 9.59 Å². The van der Waals surface area contributed by atoms with Gasteiger partial charge in [-0.1, -0.05) is 19.9 Å². The zero-order valence-electron chi connectivity index (χ0n) is 14.6. The van der Waals surface area contributed by atoms with Crippen molar-refractivity contribution in [1.29, 1.82) is 0 Å². The maximum absolute atomic E-state index is 11.6. The number of methoxy groups -OCH3 is 1. The highest BCUT2D eigenvalue weighted by molar-refractivity contribution is 5.89. The topological polar surface area (TPSA) is 73.9 Å². The van der Waals surface area contributed by atoms with Crippen molar-refractivity contribution in [2.24, 2.45) is 5.92 Å². The first-order valence-electron chi connectivity index (χ1n) is 7.88. The van der Waals surface area contributed by atoms with Crippen LogP contribution in [0.1, 0.15) is 26.3 Å². The van der Waals surface area contributed by atoms with Crippen LogP contribution in [0.2, 0.25) is 0 Å². The molecule has 1 rings (SSSR count). The highest BCUT2D eigenvalue weighted by Gasteiger charge is 2.06. The molecule has 24 heavy (non-hydrogen) atoms. The molecular weight excluding hydrogens is 310 g/mol. The van der Waals surface area contributed by atoms with Crippen molar-refractivity contribution in [2.45, 2.75) is 20.8 Å². The van der Waals surface area contributed by atoms with E-state index in [1.165, 1.54) is 6.08 Å². The summed E-state index contributed by atoms with van der Waals surface area (Å²) < 4.78 is 15.6. The van der Waals surface area contributed by atoms with Crippen LogP contribution in [0.5, 0.6) is 11.5 Å². The van der Waals surface area contributed by atoms with Crippen molar-refractivity contribution in [1.82, 2.24) is 5.32 Å². The van der Waals surface area contributed by atoms with Gasteiger partial charge in [-0.05, 0) is 36.6 Å². The van der Waals surface area contributed by atoms with Gasteiger partial charge in [-0.15, -0.1) is 0 Å². The lowest BCUT2D eigenvalue weighted by atomic mass is 10.2. The highest BCUT2D eigenvalue weighted by atomic mass is 16.5. The van der Waals surface area contributed by atoms with Crippen molar-refractivity contribution in [2.75, 3.05) is 26.9 Å². The first-order valence-corrected chi connectivity index (χ1v) is 7.88. The molecule has 1 amide bonds. The third-order valence-corrected chi connectivity index (χ3v) is 2.95. The summed E-state index contributed by atoms with van der Waals surface area (Å²) in [7, 11) is 1.56. The molecule has 0 atom stereocenters. The Morgan fingerprint density at radius 1 is 1.25 bits per heavy atom. The number of amides is 1. The van der Waals surface area contributed by atoms with Crippen LogP contribution in [0.3, 0.4) is 0 Å². The van der Waals surface area contributed by atoms with Crippen molar-refractivity contribution >= 4 is 18.0 Å². The molecule has 6 heteroatoms. The molecule has 6 nitrogen and oxygen atoms in total. The number of nitrogens with one attached hydrogen (secondary N) is 1. The van der Waals surface area contributed by atoms with Crippen LogP contribution in [0.4, 0.5) is 0 Å². The number of hydrogen-bond acceptors (Lipinski definition) is 5. The molecule has 0 aliphatic rings. The van der Waals surface area contributed by atoms with Crippen molar-refractivity contribution in [3.05, 3.63) is 29.8 Å². The summed E-state index contributed by atoms with van der Waals surface area (Å²) >= 11 is 0. The van der Waals surface area contributed by atoms with Gasteiger partial charge < -0.3 is 19.5 Å². The highest BCUT2D eigenvalue weighted by Crippen LogP contribution is 2.28. The molecule has 0 spiro atoms. The molecule has 1 aromatic rings. The van der Waals surface area contributed by atoms with Gasteiger partial charge in [0, 0.05) is 12.6 Å². The second kappa shape index (κ2) is 10.3. The molecule has 0 saturated carbocycles. The largest absolute Gasteiger partial charge is 0.493 e. The first-order chi connectivity index (χ1) is 11.5. The van der Waals surface area contributed by atoms with E-state index >= 15 is 0 Å². The fourth-order valence-electron chi connectivity index (χ4n) is 1.78. The van der Waals surface area contributed by atoms with E-state index in [4.69, 9.17) is 14.2 Å². The van der Waals surface area contributed by atoms with Crippen LogP contribution in [0.25, 0.3) is 6.08 Å². The molecule has 0 fully saturated rings. The number of carbonyl (C=O) groups excluding carboxylic acids is 2. The van der Waals surface area contributed by atoms with Crippen LogP contribution >= 0.6 is 0 Å². The molecule has 0 saturated heterocycles. The van der Waals surface area contributed by atoms with Crippen LogP contribution in [0.15, 0.2) is 24.3 Å². The Hall–Kier alpha value is -2.50. The lowest BCUT2D eigenvalue weighted by molar-refractivity contribution is -0.143. The van der Waals surface area contributed by atoms with E-state index in [0.29, 0.717) is 30.6 Å². The van der Waals surface area contributed by atoms with Gasteiger partial charge in [-0.2, -0.15) is 0 Å². The van der Waals surface area contributed by atoms with Crippen LogP contribution in [-0.4, -0.2) is 38.7 Å². The quantitative estimate of drug-likeness (QED) is 0.554. The second-order valence-electron chi connectivity index (χ2n) is 5.48. The van der Waals surface area contributed by atoms with Crippen molar-refractivity contribution < 1.29 is 23.8 Å².